The molecular weight excluding hydrogens is 494 g/mol. The third-order valence-electron chi connectivity index (χ3n) is 5.98. The van der Waals surface area contributed by atoms with Crippen LogP contribution >= 0.6 is 22.9 Å². The summed E-state index contributed by atoms with van der Waals surface area (Å²) in [6, 6.07) is 1.88. The second kappa shape index (κ2) is 10.7. The number of amides is 4. The number of likely N-dealkylation sites (N-methyl/N-ethyl adjacent to an activating group) is 1. The highest BCUT2D eigenvalue weighted by Gasteiger charge is 2.34. The number of aromatic nitrogens is 2. The highest BCUT2D eigenvalue weighted by atomic mass is 35.5. The molecule has 1 saturated heterocycles. The van der Waals surface area contributed by atoms with Crippen molar-refractivity contribution in [3.63, 3.8) is 0 Å². The fourth-order valence-corrected chi connectivity index (χ4v) is 5.27. The molecule has 0 saturated carbocycles. The zero-order valence-corrected chi connectivity index (χ0v) is 20.9. The normalized spacial score (nSPS) is 20.0. The Morgan fingerprint density at radius 2 is 1.91 bits per heavy atom. The smallest absolute Gasteiger partial charge is 0.314 e. The van der Waals surface area contributed by atoms with Crippen molar-refractivity contribution in [3.05, 3.63) is 38.9 Å². The van der Waals surface area contributed by atoms with Crippen molar-refractivity contribution in [3.8, 4) is 0 Å². The molecule has 11 nitrogen and oxygen atoms in total. The Bertz CT molecular complexity index is 1140. The highest BCUT2D eigenvalue weighted by Crippen LogP contribution is 2.25. The number of carbonyl (C=O) groups excluding carboxylic acids is 4. The highest BCUT2D eigenvalue weighted by molar-refractivity contribution is 7.13. The lowest BCUT2D eigenvalue weighted by Gasteiger charge is -2.38. The molecule has 2 aliphatic rings. The van der Waals surface area contributed by atoms with Gasteiger partial charge in [0.05, 0.1) is 22.8 Å². The SMILES string of the molecule is CC(=O)N1CC[C@H](NC(=O)C(=O)Nc2ccc(Cl)cn2)[C@H](NC(=O)c2nc3c(s2)CN(C)CC3)C1. The van der Waals surface area contributed by atoms with Crippen molar-refractivity contribution < 1.29 is 19.2 Å². The van der Waals surface area contributed by atoms with Crippen LogP contribution in [-0.4, -0.2) is 82.2 Å². The first-order valence-electron chi connectivity index (χ1n) is 11.2. The van der Waals surface area contributed by atoms with Crippen LogP contribution in [0.2, 0.25) is 5.02 Å². The summed E-state index contributed by atoms with van der Waals surface area (Å²) in [5, 5.41) is 8.77. The molecule has 4 heterocycles. The summed E-state index contributed by atoms with van der Waals surface area (Å²) >= 11 is 7.14. The molecule has 0 spiro atoms. The molecule has 3 N–H and O–H groups in total. The summed E-state index contributed by atoms with van der Waals surface area (Å²) in [5.41, 5.74) is 0.935. The molecule has 0 aromatic carbocycles. The van der Waals surface area contributed by atoms with E-state index < -0.39 is 23.9 Å². The van der Waals surface area contributed by atoms with E-state index in [1.807, 2.05) is 7.05 Å². The first kappa shape index (κ1) is 25.0. The number of pyridine rings is 1. The number of piperidine rings is 1. The number of nitrogens with zero attached hydrogens (tertiary/aromatic N) is 4. The number of hydrogen-bond acceptors (Lipinski definition) is 8. The van der Waals surface area contributed by atoms with Gasteiger partial charge in [0.2, 0.25) is 5.91 Å². The van der Waals surface area contributed by atoms with Crippen LogP contribution < -0.4 is 16.0 Å². The van der Waals surface area contributed by atoms with E-state index in [0.29, 0.717) is 23.0 Å². The standard InChI is InChI=1S/C22H26ClN7O4S/c1-12(31)30-8-6-14(25-19(32)20(33)28-18-4-3-13(23)9-24-18)16(10-30)26-21(34)22-27-15-5-7-29(2)11-17(15)35-22/h3-4,9,14,16H,5-8,10-11H2,1-2H3,(H,25,32)(H,26,34)(H,24,28,33)/t14-,16+/m0/s1. The van der Waals surface area contributed by atoms with E-state index in [9.17, 15) is 19.2 Å². The summed E-state index contributed by atoms with van der Waals surface area (Å²) in [7, 11) is 2.02. The second-order valence-corrected chi connectivity index (χ2v) is 10.1. The fraction of sp³-hybridized carbons (Fsp3) is 0.455. The molecule has 4 amide bonds. The summed E-state index contributed by atoms with van der Waals surface area (Å²) in [5.74, 6) is -2.07. The van der Waals surface area contributed by atoms with Gasteiger partial charge < -0.3 is 25.8 Å². The molecule has 2 aromatic rings. The van der Waals surface area contributed by atoms with E-state index in [4.69, 9.17) is 11.6 Å². The Kier molecular flexibility index (Phi) is 7.63. The van der Waals surface area contributed by atoms with Crippen molar-refractivity contribution in [1.29, 1.82) is 0 Å². The Hall–Kier alpha value is -3.09. The Labute approximate surface area is 211 Å². The number of fused-ring (bicyclic) bond motifs is 1. The van der Waals surface area contributed by atoms with Gasteiger partial charge in [-0.15, -0.1) is 11.3 Å². The molecule has 0 radical (unpaired) electrons. The predicted octanol–water partition coefficient (Wildman–Crippen LogP) is 0.654. The van der Waals surface area contributed by atoms with Crippen LogP contribution in [0.5, 0.6) is 0 Å². The number of anilines is 1. The summed E-state index contributed by atoms with van der Waals surface area (Å²) in [6.07, 6.45) is 2.52. The van der Waals surface area contributed by atoms with Crippen molar-refractivity contribution in [2.24, 2.45) is 0 Å². The maximum Gasteiger partial charge on any atom is 0.314 e. The molecule has 0 unspecified atom stereocenters. The Balaban J connectivity index is 1.43. The summed E-state index contributed by atoms with van der Waals surface area (Å²) in [6.45, 7) is 3.69. The Morgan fingerprint density at radius 1 is 1.11 bits per heavy atom. The number of rotatable bonds is 4. The predicted molar refractivity (Wildman–Crippen MR) is 130 cm³/mol. The minimum atomic E-state index is -0.893. The van der Waals surface area contributed by atoms with Gasteiger partial charge in [-0.25, -0.2) is 9.97 Å². The number of likely N-dealkylation sites (tertiary alicyclic amines) is 1. The molecule has 0 aliphatic carbocycles. The quantitative estimate of drug-likeness (QED) is 0.504. The lowest BCUT2D eigenvalue weighted by molar-refractivity contribution is -0.137. The van der Waals surface area contributed by atoms with Gasteiger partial charge in [0.1, 0.15) is 5.82 Å². The molecule has 0 bridgehead atoms. The van der Waals surface area contributed by atoms with Crippen LogP contribution in [-0.2, 0) is 27.3 Å². The van der Waals surface area contributed by atoms with E-state index in [-0.39, 0.29) is 24.2 Å². The van der Waals surface area contributed by atoms with Crippen molar-refractivity contribution in [2.75, 3.05) is 32.0 Å². The van der Waals surface area contributed by atoms with Gasteiger partial charge in [0, 0.05) is 50.6 Å². The molecular formula is C22H26ClN7O4S. The maximum absolute atomic E-state index is 13.0. The molecule has 35 heavy (non-hydrogen) atoms. The van der Waals surface area contributed by atoms with E-state index in [1.165, 1.54) is 30.5 Å². The molecule has 186 valence electrons. The van der Waals surface area contributed by atoms with Crippen LogP contribution in [0.4, 0.5) is 5.82 Å². The van der Waals surface area contributed by atoms with Gasteiger partial charge in [-0.05, 0) is 25.6 Å². The molecule has 13 heteroatoms. The molecule has 4 rings (SSSR count). The molecule has 1 fully saturated rings. The third kappa shape index (κ3) is 6.13. The van der Waals surface area contributed by atoms with Crippen LogP contribution in [0, 0.1) is 0 Å². The molecule has 2 atom stereocenters. The average Bonchev–Trinajstić information content (AvgIpc) is 3.25. The number of nitrogens with one attached hydrogen (secondary N) is 3. The van der Waals surface area contributed by atoms with Crippen LogP contribution in [0.1, 0.15) is 33.7 Å². The number of hydrogen-bond donors (Lipinski definition) is 3. The average molecular weight is 520 g/mol. The minimum Gasteiger partial charge on any atom is -0.343 e. The lowest BCUT2D eigenvalue weighted by Crippen LogP contribution is -2.62. The van der Waals surface area contributed by atoms with E-state index in [1.54, 1.807) is 11.0 Å². The monoisotopic (exact) mass is 519 g/mol. The molecule has 2 aliphatic heterocycles. The lowest BCUT2D eigenvalue weighted by atomic mass is 9.98. The van der Waals surface area contributed by atoms with Gasteiger partial charge in [-0.2, -0.15) is 0 Å². The van der Waals surface area contributed by atoms with Gasteiger partial charge in [0.25, 0.3) is 5.91 Å². The zero-order valence-electron chi connectivity index (χ0n) is 19.3. The van der Waals surface area contributed by atoms with Crippen LogP contribution in [0.25, 0.3) is 0 Å². The minimum absolute atomic E-state index is 0.131. The van der Waals surface area contributed by atoms with Crippen LogP contribution in [0.3, 0.4) is 0 Å². The van der Waals surface area contributed by atoms with Crippen molar-refractivity contribution >= 4 is 52.4 Å². The van der Waals surface area contributed by atoms with E-state index >= 15 is 0 Å². The largest absolute Gasteiger partial charge is 0.343 e. The zero-order chi connectivity index (χ0) is 25.1. The van der Waals surface area contributed by atoms with Gasteiger partial charge in [-0.3, -0.25) is 19.2 Å². The number of halogens is 1. The van der Waals surface area contributed by atoms with Gasteiger partial charge >= 0.3 is 11.8 Å². The summed E-state index contributed by atoms with van der Waals surface area (Å²) in [4.78, 5) is 63.2. The summed E-state index contributed by atoms with van der Waals surface area (Å²) < 4.78 is 0. The van der Waals surface area contributed by atoms with Crippen molar-refractivity contribution in [1.82, 2.24) is 30.4 Å². The van der Waals surface area contributed by atoms with Crippen LogP contribution in [0.15, 0.2) is 18.3 Å². The maximum atomic E-state index is 13.0. The number of thiazole rings is 1. The topological polar surface area (TPSA) is 137 Å². The first-order chi connectivity index (χ1) is 16.7. The van der Waals surface area contributed by atoms with E-state index in [2.05, 4.69) is 30.8 Å². The number of carbonyl (C=O) groups is 4. The Morgan fingerprint density at radius 3 is 2.63 bits per heavy atom. The second-order valence-electron chi connectivity index (χ2n) is 8.61. The van der Waals surface area contributed by atoms with E-state index in [0.717, 1.165) is 30.1 Å². The third-order valence-corrected chi connectivity index (χ3v) is 7.29. The van der Waals surface area contributed by atoms with Gasteiger partial charge in [0.15, 0.2) is 5.01 Å². The fourth-order valence-electron chi connectivity index (χ4n) is 4.06. The first-order valence-corrected chi connectivity index (χ1v) is 12.4. The molecule has 2 aromatic heterocycles. The van der Waals surface area contributed by atoms with Crippen molar-refractivity contribution in [2.45, 2.75) is 38.4 Å². The van der Waals surface area contributed by atoms with Gasteiger partial charge in [-0.1, -0.05) is 11.6 Å².